The van der Waals surface area contributed by atoms with Crippen LogP contribution in [0.2, 0.25) is 5.02 Å². The predicted octanol–water partition coefficient (Wildman–Crippen LogP) is 2.88. The van der Waals surface area contributed by atoms with Crippen molar-refractivity contribution in [2.75, 3.05) is 11.1 Å². The highest BCUT2D eigenvalue weighted by Crippen LogP contribution is 2.35. The second kappa shape index (κ2) is 4.27. The monoisotopic (exact) mass is 255 g/mol. The van der Waals surface area contributed by atoms with Gasteiger partial charge in [0.15, 0.2) is 5.13 Å². The lowest BCUT2D eigenvalue weighted by atomic mass is 10.3. The number of benzene rings is 1. The Kier molecular flexibility index (Phi) is 2.98. The highest BCUT2D eigenvalue weighted by Gasteiger charge is 2.11. The molecule has 0 spiro atoms. The summed E-state index contributed by atoms with van der Waals surface area (Å²) in [5.74, 6) is -0.0457. The van der Waals surface area contributed by atoms with Gasteiger partial charge in [-0.15, -0.1) is 0 Å². The van der Waals surface area contributed by atoms with Gasteiger partial charge in [0.25, 0.3) is 0 Å². The van der Waals surface area contributed by atoms with E-state index >= 15 is 0 Å². The van der Waals surface area contributed by atoms with Crippen molar-refractivity contribution in [2.24, 2.45) is 0 Å². The van der Waals surface area contributed by atoms with Gasteiger partial charge in [-0.25, -0.2) is 4.98 Å². The Labute approximate surface area is 101 Å². The summed E-state index contributed by atoms with van der Waals surface area (Å²) in [4.78, 5) is 15.4. The second-order valence-corrected chi connectivity index (χ2v) is 4.66. The van der Waals surface area contributed by atoms with Gasteiger partial charge in [-0.3, -0.25) is 4.79 Å². The number of nitrogens with zero attached hydrogens (tertiary/aromatic N) is 1. The molecule has 0 radical (unpaired) electrons. The molecule has 0 aliphatic rings. The Balaban J connectivity index is 2.53. The molecule has 2 rings (SSSR count). The minimum Gasteiger partial charge on any atom is -0.375 e. The Bertz CT molecular complexity index is 552. The molecule has 0 fully saturated rings. The minimum atomic E-state index is -0.0457. The summed E-state index contributed by atoms with van der Waals surface area (Å²) in [5.41, 5.74) is 6.97. The fourth-order valence-electron chi connectivity index (χ4n) is 1.33. The first-order chi connectivity index (χ1) is 7.61. The molecule has 1 heterocycles. The lowest BCUT2D eigenvalue weighted by molar-refractivity contribution is -0.115. The molecule has 0 aliphatic carbocycles. The number of fused-ring (bicyclic) bond motifs is 1. The van der Waals surface area contributed by atoms with Crippen LogP contribution < -0.4 is 11.1 Å². The molecule has 1 aromatic carbocycles. The number of nitrogens with two attached hydrogens (primary N) is 1. The molecule has 0 atom stereocenters. The van der Waals surface area contributed by atoms with Crippen molar-refractivity contribution in [3.05, 3.63) is 17.2 Å². The molecule has 0 saturated carbocycles. The first kappa shape index (κ1) is 11.2. The van der Waals surface area contributed by atoms with E-state index < -0.39 is 0 Å². The van der Waals surface area contributed by atoms with E-state index in [-0.39, 0.29) is 5.91 Å². The number of rotatable bonds is 2. The number of nitrogens with one attached hydrogen (secondary N) is 1. The van der Waals surface area contributed by atoms with Gasteiger partial charge in [-0.2, -0.15) is 0 Å². The SMILES string of the molecule is CCC(=O)Nc1ccc(Cl)c2nc(N)sc12. The molecule has 6 heteroatoms. The smallest absolute Gasteiger partial charge is 0.224 e. The molecule has 0 unspecified atom stereocenters. The van der Waals surface area contributed by atoms with E-state index in [0.29, 0.717) is 27.8 Å². The van der Waals surface area contributed by atoms with Gasteiger partial charge in [-0.1, -0.05) is 29.9 Å². The maximum Gasteiger partial charge on any atom is 0.224 e. The number of carbonyl (C=O) groups excluding carboxylic acids is 1. The highest BCUT2D eigenvalue weighted by atomic mass is 35.5. The van der Waals surface area contributed by atoms with E-state index in [4.69, 9.17) is 17.3 Å². The van der Waals surface area contributed by atoms with Gasteiger partial charge in [0.1, 0.15) is 5.52 Å². The molecular weight excluding hydrogens is 246 g/mol. The average molecular weight is 256 g/mol. The number of amides is 1. The lowest BCUT2D eigenvalue weighted by Crippen LogP contribution is -2.09. The van der Waals surface area contributed by atoms with E-state index in [1.54, 1.807) is 19.1 Å². The van der Waals surface area contributed by atoms with Crippen LogP contribution in [0.1, 0.15) is 13.3 Å². The normalized spacial score (nSPS) is 10.6. The molecule has 0 bridgehead atoms. The zero-order valence-corrected chi connectivity index (χ0v) is 10.2. The molecule has 1 amide bonds. The first-order valence-corrected chi connectivity index (χ1v) is 5.95. The number of halogens is 1. The topological polar surface area (TPSA) is 68.0 Å². The van der Waals surface area contributed by atoms with E-state index in [0.717, 1.165) is 4.70 Å². The fourth-order valence-corrected chi connectivity index (χ4v) is 2.41. The summed E-state index contributed by atoms with van der Waals surface area (Å²) in [6.07, 6.45) is 0.429. The van der Waals surface area contributed by atoms with Gasteiger partial charge >= 0.3 is 0 Å². The fraction of sp³-hybridized carbons (Fsp3) is 0.200. The average Bonchev–Trinajstić information content (AvgIpc) is 2.65. The zero-order chi connectivity index (χ0) is 11.7. The Hall–Kier alpha value is -1.33. The molecule has 0 aliphatic heterocycles. The summed E-state index contributed by atoms with van der Waals surface area (Å²) in [6.45, 7) is 1.80. The Morgan fingerprint density at radius 2 is 2.38 bits per heavy atom. The van der Waals surface area contributed by atoms with Crippen molar-refractivity contribution in [3.8, 4) is 0 Å². The van der Waals surface area contributed by atoms with Crippen LogP contribution in [0.4, 0.5) is 10.8 Å². The van der Waals surface area contributed by atoms with Gasteiger partial charge in [0.2, 0.25) is 5.91 Å². The largest absolute Gasteiger partial charge is 0.375 e. The van der Waals surface area contributed by atoms with Crippen molar-refractivity contribution >= 4 is 49.9 Å². The zero-order valence-electron chi connectivity index (χ0n) is 8.58. The van der Waals surface area contributed by atoms with Gasteiger partial charge in [0.05, 0.1) is 15.4 Å². The van der Waals surface area contributed by atoms with Crippen LogP contribution in [0.25, 0.3) is 10.2 Å². The van der Waals surface area contributed by atoms with Crippen LogP contribution in [-0.2, 0) is 4.79 Å². The number of aromatic nitrogens is 1. The summed E-state index contributed by atoms with van der Waals surface area (Å²) in [5, 5.41) is 3.77. The molecule has 3 N–H and O–H groups in total. The second-order valence-electron chi connectivity index (χ2n) is 3.23. The molecular formula is C10H10ClN3OS. The molecule has 84 valence electrons. The maximum absolute atomic E-state index is 11.3. The third-order valence-corrected chi connectivity index (χ3v) is 3.33. The highest BCUT2D eigenvalue weighted by molar-refractivity contribution is 7.22. The van der Waals surface area contributed by atoms with Crippen molar-refractivity contribution in [1.29, 1.82) is 0 Å². The van der Waals surface area contributed by atoms with Crippen molar-refractivity contribution < 1.29 is 4.79 Å². The molecule has 0 saturated heterocycles. The molecule has 1 aromatic heterocycles. The van der Waals surface area contributed by atoms with Crippen LogP contribution in [0.15, 0.2) is 12.1 Å². The van der Waals surface area contributed by atoms with Crippen molar-refractivity contribution in [1.82, 2.24) is 4.98 Å². The van der Waals surface area contributed by atoms with Gasteiger partial charge < -0.3 is 11.1 Å². The maximum atomic E-state index is 11.3. The van der Waals surface area contributed by atoms with Crippen LogP contribution in [0, 0.1) is 0 Å². The van der Waals surface area contributed by atoms with E-state index in [9.17, 15) is 4.79 Å². The molecule has 16 heavy (non-hydrogen) atoms. The minimum absolute atomic E-state index is 0.0457. The predicted molar refractivity (Wildman–Crippen MR) is 68.0 cm³/mol. The summed E-state index contributed by atoms with van der Waals surface area (Å²) < 4.78 is 0.812. The van der Waals surface area contributed by atoms with E-state index in [1.165, 1.54) is 11.3 Å². The van der Waals surface area contributed by atoms with Crippen molar-refractivity contribution in [2.45, 2.75) is 13.3 Å². The standard InChI is InChI=1S/C10H10ClN3OS/c1-2-7(15)13-6-4-3-5(11)8-9(6)16-10(12)14-8/h3-4H,2H2,1H3,(H2,12,14)(H,13,15). The number of nitrogen functional groups attached to an aromatic ring is 1. The van der Waals surface area contributed by atoms with Gasteiger partial charge in [-0.05, 0) is 12.1 Å². The van der Waals surface area contributed by atoms with E-state index in [2.05, 4.69) is 10.3 Å². The lowest BCUT2D eigenvalue weighted by Gasteiger charge is -2.04. The number of hydrogen-bond donors (Lipinski definition) is 2. The number of anilines is 2. The first-order valence-electron chi connectivity index (χ1n) is 4.76. The number of thiazole rings is 1. The van der Waals surface area contributed by atoms with Crippen LogP contribution in [-0.4, -0.2) is 10.9 Å². The van der Waals surface area contributed by atoms with Crippen LogP contribution in [0.5, 0.6) is 0 Å². The quantitative estimate of drug-likeness (QED) is 0.867. The summed E-state index contributed by atoms with van der Waals surface area (Å²) in [6, 6.07) is 3.46. The van der Waals surface area contributed by atoms with E-state index in [1.807, 2.05) is 0 Å². The third-order valence-electron chi connectivity index (χ3n) is 2.11. The van der Waals surface area contributed by atoms with Crippen LogP contribution in [0.3, 0.4) is 0 Å². The summed E-state index contributed by atoms with van der Waals surface area (Å²) in [7, 11) is 0. The number of hydrogen-bond acceptors (Lipinski definition) is 4. The van der Waals surface area contributed by atoms with Crippen LogP contribution >= 0.6 is 22.9 Å². The van der Waals surface area contributed by atoms with Crippen molar-refractivity contribution in [3.63, 3.8) is 0 Å². The third kappa shape index (κ3) is 1.96. The molecule has 2 aromatic rings. The molecule has 4 nitrogen and oxygen atoms in total. The Morgan fingerprint density at radius 3 is 3.06 bits per heavy atom. The number of carbonyl (C=O) groups is 1. The van der Waals surface area contributed by atoms with Gasteiger partial charge in [0, 0.05) is 6.42 Å². The Morgan fingerprint density at radius 1 is 1.62 bits per heavy atom. The summed E-state index contributed by atoms with van der Waals surface area (Å²) >= 11 is 7.30.